The van der Waals surface area contributed by atoms with Gasteiger partial charge in [0.1, 0.15) is 11.6 Å². The molecule has 2 N–H and O–H groups in total. The van der Waals surface area contributed by atoms with E-state index in [1.807, 2.05) is 6.26 Å². The van der Waals surface area contributed by atoms with Gasteiger partial charge >= 0.3 is 0 Å². The summed E-state index contributed by atoms with van der Waals surface area (Å²) in [5, 5.41) is 0.278. The Labute approximate surface area is 153 Å². The van der Waals surface area contributed by atoms with Crippen molar-refractivity contribution in [3.63, 3.8) is 0 Å². The zero-order chi connectivity index (χ0) is 18.4. The minimum Gasteiger partial charge on any atom is -0.481 e. The topological polar surface area (TPSA) is 67.4 Å². The Kier molecular flexibility index (Phi) is 6.66. The van der Waals surface area contributed by atoms with Crippen molar-refractivity contribution in [3.8, 4) is 5.75 Å². The summed E-state index contributed by atoms with van der Waals surface area (Å²) >= 11 is 7.48. The SMILES string of the molecule is CSc1ccc(Cl)c(C(=O)NNC(=O)C(C)Oc2ccc(F)cc2)c1. The number of halogens is 2. The van der Waals surface area contributed by atoms with Gasteiger partial charge in [-0.15, -0.1) is 11.8 Å². The van der Waals surface area contributed by atoms with E-state index in [2.05, 4.69) is 10.9 Å². The van der Waals surface area contributed by atoms with Crippen molar-refractivity contribution in [2.75, 3.05) is 6.26 Å². The second-order valence-electron chi connectivity index (χ2n) is 5.00. The average molecular weight is 383 g/mol. The summed E-state index contributed by atoms with van der Waals surface area (Å²) in [5.74, 6) is -1.16. The minimum atomic E-state index is -0.890. The maximum Gasteiger partial charge on any atom is 0.279 e. The van der Waals surface area contributed by atoms with Gasteiger partial charge in [-0.25, -0.2) is 4.39 Å². The highest BCUT2D eigenvalue weighted by Crippen LogP contribution is 2.22. The van der Waals surface area contributed by atoms with E-state index in [4.69, 9.17) is 16.3 Å². The van der Waals surface area contributed by atoms with Crippen molar-refractivity contribution in [2.45, 2.75) is 17.9 Å². The Morgan fingerprint density at radius 3 is 2.48 bits per heavy atom. The third-order valence-corrected chi connectivity index (χ3v) is 4.27. The average Bonchev–Trinajstić information content (AvgIpc) is 2.61. The van der Waals surface area contributed by atoms with Crippen LogP contribution in [0.15, 0.2) is 47.4 Å². The number of hydrogen-bond acceptors (Lipinski definition) is 4. The van der Waals surface area contributed by atoms with Gasteiger partial charge in [-0.2, -0.15) is 0 Å². The zero-order valence-corrected chi connectivity index (χ0v) is 15.1. The van der Waals surface area contributed by atoms with E-state index in [1.165, 1.54) is 43.0 Å². The third kappa shape index (κ3) is 5.37. The largest absolute Gasteiger partial charge is 0.481 e. The standard InChI is InChI=1S/C17H16ClFN2O3S/c1-10(24-12-5-3-11(19)4-6-12)16(22)20-21-17(23)14-9-13(25-2)7-8-15(14)18/h3-10H,1-2H3,(H,20,22)(H,21,23). The van der Waals surface area contributed by atoms with Crippen LogP contribution in [0.4, 0.5) is 4.39 Å². The first kappa shape index (κ1) is 19.1. The molecule has 2 rings (SSSR count). The number of carbonyl (C=O) groups excluding carboxylic acids is 2. The molecule has 0 aliphatic heterocycles. The number of benzene rings is 2. The first-order valence-corrected chi connectivity index (χ1v) is 8.87. The molecule has 2 aromatic carbocycles. The lowest BCUT2D eigenvalue weighted by Gasteiger charge is -2.15. The fourth-order valence-electron chi connectivity index (χ4n) is 1.86. The van der Waals surface area contributed by atoms with Crippen molar-refractivity contribution in [1.29, 1.82) is 0 Å². The molecule has 8 heteroatoms. The van der Waals surface area contributed by atoms with E-state index in [0.29, 0.717) is 5.75 Å². The molecule has 0 radical (unpaired) electrons. The number of hydrazine groups is 1. The molecule has 0 aromatic heterocycles. The molecule has 0 aliphatic rings. The molecule has 0 fully saturated rings. The first-order valence-electron chi connectivity index (χ1n) is 7.26. The van der Waals surface area contributed by atoms with Gasteiger partial charge in [0.15, 0.2) is 6.10 Å². The molecule has 2 aromatic rings. The molecular weight excluding hydrogens is 367 g/mol. The summed E-state index contributed by atoms with van der Waals surface area (Å²) in [4.78, 5) is 25.0. The van der Waals surface area contributed by atoms with Crippen LogP contribution in [0.5, 0.6) is 5.75 Å². The van der Waals surface area contributed by atoms with Gasteiger partial charge in [0.25, 0.3) is 11.8 Å². The van der Waals surface area contributed by atoms with Crippen LogP contribution in [-0.4, -0.2) is 24.2 Å². The van der Waals surface area contributed by atoms with Gasteiger partial charge in [-0.1, -0.05) is 11.6 Å². The van der Waals surface area contributed by atoms with E-state index < -0.39 is 23.7 Å². The highest BCUT2D eigenvalue weighted by atomic mass is 35.5. The Hall–Kier alpha value is -2.25. The van der Waals surface area contributed by atoms with Crippen molar-refractivity contribution >= 4 is 35.2 Å². The summed E-state index contributed by atoms with van der Waals surface area (Å²) in [5.41, 5.74) is 4.82. The van der Waals surface area contributed by atoms with Crippen LogP contribution < -0.4 is 15.6 Å². The Balaban J connectivity index is 1.92. The van der Waals surface area contributed by atoms with Gasteiger partial charge in [0, 0.05) is 4.90 Å². The predicted molar refractivity (Wildman–Crippen MR) is 95.3 cm³/mol. The van der Waals surface area contributed by atoms with Crippen LogP contribution in [-0.2, 0) is 4.79 Å². The summed E-state index contributed by atoms with van der Waals surface area (Å²) in [7, 11) is 0. The van der Waals surface area contributed by atoms with Crippen molar-refractivity contribution in [2.24, 2.45) is 0 Å². The second kappa shape index (κ2) is 8.73. The van der Waals surface area contributed by atoms with Gasteiger partial charge < -0.3 is 4.74 Å². The van der Waals surface area contributed by atoms with Crippen LogP contribution >= 0.6 is 23.4 Å². The lowest BCUT2D eigenvalue weighted by Crippen LogP contribution is -2.47. The van der Waals surface area contributed by atoms with E-state index in [-0.39, 0.29) is 10.6 Å². The van der Waals surface area contributed by atoms with Crippen molar-refractivity contribution in [1.82, 2.24) is 10.9 Å². The predicted octanol–water partition coefficient (Wildman–Crippen LogP) is 3.43. The molecule has 0 spiro atoms. The van der Waals surface area contributed by atoms with E-state index in [0.717, 1.165) is 4.90 Å². The molecular formula is C17H16ClFN2O3S. The lowest BCUT2D eigenvalue weighted by atomic mass is 10.2. The Morgan fingerprint density at radius 2 is 1.84 bits per heavy atom. The molecule has 0 bridgehead atoms. The van der Waals surface area contributed by atoms with Crippen LogP contribution in [0.2, 0.25) is 5.02 Å². The number of ether oxygens (including phenoxy) is 1. The quantitative estimate of drug-likeness (QED) is 0.614. The van der Waals surface area contributed by atoms with Crippen LogP contribution in [0.25, 0.3) is 0 Å². The molecule has 1 atom stereocenters. The number of carbonyl (C=O) groups is 2. The lowest BCUT2D eigenvalue weighted by molar-refractivity contribution is -0.128. The van der Waals surface area contributed by atoms with Crippen molar-refractivity contribution in [3.05, 3.63) is 58.9 Å². The number of hydrogen-bond donors (Lipinski definition) is 2. The normalized spacial score (nSPS) is 11.5. The smallest absolute Gasteiger partial charge is 0.279 e. The molecule has 1 unspecified atom stereocenters. The summed E-state index contributed by atoms with van der Waals surface area (Å²) in [6.07, 6.45) is 0.986. The number of nitrogens with one attached hydrogen (secondary N) is 2. The van der Waals surface area contributed by atoms with E-state index in [9.17, 15) is 14.0 Å². The van der Waals surface area contributed by atoms with Gasteiger partial charge in [0.05, 0.1) is 10.6 Å². The molecule has 0 saturated heterocycles. The summed E-state index contributed by atoms with van der Waals surface area (Å²) < 4.78 is 18.2. The van der Waals surface area contributed by atoms with E-state index >= 15 is 0 Å². The zero-order valence-electron chi connectivity index (χ0n) is 13.5. The highest BCUT2D eigenvalue weighted by Gasteiger charge is 2.17. The molecule has 0 aliphatic carbocycles. The third-order valence-electron chi connectivity index (χ3n) is 3.21. The maximum absolute atomic E-state index is 12.8. The van der Waals surface area contributed by atoms with E-state index in [1.54, 1.807) is 18.2 Å². The van der Waals surface area contributed by atoms with Gasteiger partial charge in [-0.3, -0.25) is 20.4 Å². The van der Waals surface area contributed by atoms with Gasteiger partial charge in [-0.05, 0) is 55.6 Å². The molecule has 5 nitrogen and oxygen atoms in total. The van der Waals surface area contributed by atoms with Gasteiger partial charge in [0.2, 0.25) is 0 Å². The van der Waals surface area contributed by atoms with Crippen LogP contribution in [0, 0.1) is 5.82 Å². The second-order valence-corrected chi connectivity index (χ2v) is 6.29. The monoisotopic (exact) mass is 382 g/mol. The Morgan fingerprint density at radius 1 is 1.16 bits per heavy atom. The first-order chi connectivity index (χ1) is 11.9. The summed E-state index contributed by atoms with van der Waals surface area (Å²) in [6.45, 7) is 1.51. The highest BCUT2D eigenvalue weighted by molar-refractivity contribution is 7.98. The molecule has 0 heterocycles. The fourth-order valence-corrected chi connectivity index (χ4v) is 2.51. The number of thioether (sulfide) groups is 1. The van der Waals surface area contributed by atoms with Crippen LogP contribution in [0.3, 0.4) is 0 Å². The summed E-state index contributed by atoms with van der Waals surface area (Å²) in [6, 6.07) is 10.3. The van der Waals surface area contributed by atoms with Crippen molar-refractivity contribution < 1.29 is 18.7 Å². The number of rotatable bonds is 5. The Bertz CT molecular complexity index is 771. The minimum absolute atomic E-state index is 0.251. The maximum atomic E-state index is 12.8. The molecule has 2 amide bonds. The molecule has 25 heavy (non-hydrogen) atoms. The fraction of sp³-hybridized carbons (Fsp3) is 0.176. The number of amides is 2. The molecule has 0 saturated carbocycles. The molecule has 132 valence electrons. The van der Waals surface area contributed by atoms with Crippen LogP contribution in [0.1, 0.15) is 17.3 Å².